The Morgan fingerprint density at radius 2 is 1.95 bits per heavy atom. The summed E-state index contributed by atoms with van der Waals surface area (Å²) in [6.07, 6.45) is 1.48. The number of carbonyl (C=O) groups excluding carboxylic acids is 2. The van der Waals surface area contributed by atoms with Crippen molar-refractivity contribution >= 4 is 46.4 Å². The first kappa shape index (κ1) is 16.1. The van der Waals surface area contributed by atoms with E-state index in [9.17, 15) is 9.59 Å². The van der Waals surface area contributed by atoms with Crippen molar-refractivity contribution in [3.8, 4) is 0 Å². The number of hydrazone groups is 1. The van der Waals surface area contributed by atoms with Gasteiger partial charge in [-0.05, 0) is 37.3 Å². The molecular formula is C14H11Cl2N3O3. The topological polar surface area (TPSA) is 83.7 Å². The fourth-order valence-electron chi connectivity index (χ4n) is 1.50. The van der Waals surface area contributed by atoms with Crippen LogP contribution in [0.15, 0.2) is 46.1 Å². The molecule has 0 saturated heterocycles. The van der Waals surface area contributed by atoms with Crippen molar-refractivity contribution < 1.29 is 14.0 Å². The fourth-order valence-corrected chi connectivity index (χ4v) is 1.83. The Labute approximate surface area is 136 Å². The molecule has 114 valence electrons. The maximum Gasteiger partial charge on any atom is 0.329 e. The first-order chi connectivity index (χ1) is 10.5. The highest BCUT2D eigenvalue weighted by molar-refractivity contribution is 6.42. The van der Waals surface area contributed by atoms with E-state index in [4.69, 9.17) is 27.6 Å². The van der Waals surface area contributed by atoms with Gasteiger partial charge in [0.15, 0.2) is 0 Å². The lowest BCUT2D eigenvalue weighted by Gasteiger charge is -2.06. The average Bonchev–Trinajstić information content (AvgIpc) is 3.02. The van der Waals surface area contributed by atoms with Crippen LogP contribution in [0.25, 0.3) is 0 Å². The summed E-state index contributed by atoms with van der Waals surface area (Å²) in [5, 5.41) is 6.77. The van der Waals surface area contributed by atoms with Crippen LogP contribution >= 0.6 is 23.2 Å². The lowest BCUT2D eigenvalue weighted by Crippen LogP contribution is -2.33. The monoisotopic (exact) mass is 339 g/mol. The number of nitrogens with one attached hydrogen (secondary N) is 2. The van der Waals surface area contributed by atoms with Gasteiger partial charge in [0.05, 0.1) is 17.0 Å². The molecule has 2 aromatic rings. The molecule has 0 unspecified atom stereocenters. The van der Waals surface area contributed by atoms with E-state index in [-0.39, 0.29) is 10.7 Å². The Morgan fingerprint density at radius 1 is 1.18 bits per heavy atom. The maximum atomic E-state index is 11.8. The fraction of sp³-hybridized carbons (Fsp3) is 0.0714. The third-order valence-corrected chi connectivity index (χ3v) is 3.15. The highest BCUT2D eigenvalue weighted by Gasteiger charge is 2.15. The molecule has 22 heavy (non-hydrogen) atoms. The van der Waals surface area contributed by atoms with Gasteiger partial charge in [0.1, 0.15) is 11.5 Å². The molecule has 0 spiro atoms. The molecule has 2 rings (SSSR count). The molecule has 0 aliphatic heterocycles. The minimum Gasteiger partial charge on any atom is -0.463 e. The Kier molecular flexibility index (Phi) is 5.19. The molecule has 6 nitrogen and oxygen atoms in total. The van der Waals surface area contributed by atoms with Gasteiger partial charge in [0.25, 0.3) is 0 Å². The zero-order chi connectivity index (χ0) is 16.1. The van der Waals surface area contributed by atoms with E-state index in [1.54, 1.807) is 25.1 Å². The van der Waals surface area contributed by atoms with Crippen LogP contribution < -0.4 is 10.7 Å². The van der Waals surface area contributed by atoms with E-state index in [2.05, 4.69) is 15.8 Å². The molecule has 0 atom stereocenters. The summed E-state index contributed by atoms with van der Waals surface area (Å²) in [5.41, 5.74) is 2.79. The number of amides is 2. The van der Waals surface area contributed by atoms with E-state index in [0.29, 0.717) is 16.5 Å². The summed E-state index contributed by atoms with van der Waals surface area (Å²) in [4.78, 5) is 23.4. The largest absolute Gasteiger partial charge is 0.463 e. The summed E-state index contributed by atoms with van der Waals surface area (Å²) in [5.74, 6) is -1.37. The van der Waals surface area contributed by atoms with Crippen molar-refractivity contribution in [1.82, 2.24) is 5.43 Å². The van der Waals surface area contributed by atoms with Gasteiger partial charge in [-0.25, -0.2) is 5.43 Å². The number of anilines is 1. The molecular weight excluding hydrogens is 329 g/mol. The summed E-state index contributed by atoms with van der Waals surface area (Å²) in [6.45, 7) is 1.63. The Morgan fingerprint density at radius 3 is 2.64 bits per heavy atom. The van der Waals surface area contributed by atoms with Crippen molar-refractivity contribution in [2.24, 2.45) is 5.10 Å². The van der Waals surface area contributed by atoms with Gasteiger partial charge in [0, 0.05) is 5.02 Å². The first-order valence-corrected chi connectivity index (χ1v) is 6.87. The molecule has 8 heteroatoms. The molecule has 1 heterocycles. The van der Waals surface area contributed by atoms with Gasteiger partial charge in [-0.15, -0.1) is 0 Å². The molecule has 0 saturated carbocycles. The number of hydrogen-bond acceptors (Lipinski definition) is 4. The van der Waals surface area contributed by atoms with Crippen LogP contribution in [0.4, 0.5) is 5.69 Å². The number of hydrogen-bond donors (Lipinski definition) is 2. The molecule has 2 amide bonds. The standard InChI is InChI=1S/C14H11Cl2N3O3/c1-8(12-3-2-6-22-12)18-19-14(21)13(20)17-11-7-9(15)4-5-10(11)16/h2-7H,1H3,(H,17,20)(H,19,21)/b18-8-. The van der Waals surface area contributed by atoms with Crippen molar-refractivity contribution in [3.05, 3.63) is 52.4 Å². The van der Waals surface area contributed by atoms with Crippen LogP contribution in [0.2, 0.25) is 10.0 Å². The smallest absolute Gasteiger partial charge is 0.329 e. The number of halogens is 2. The highest BCUT2D eigenvalue weighted by atomic mass is 35.5. The number of benzene rings is 1. The number of carbonyl (C=O) groups is 2. The summed E-state index contributed by atoms with van der Waals surface area (Å²) >= 11 is 11.7. The maximum absolute atomic E-state index is 11.8. The highest BCUT2D eigenvalue weighted by Crippen LogP contribution is 2.25. The first-order valence-electron chi connectivity index (χ1n) is 6.12. The molecule has 0 radical (unpaired) electrons. The second-order valence-corrected chi connectivity index (χ2v) is 5.04. The lowest BCUT2D eigenvalue weighted by atomic mass is 10.3. The predicted molar refractivity (Wildman–Crippen MR) is 84.2 cm³/mol. The van der Waals surface area contributed by atoms with E-state index >= 15 is 0 Å². The lowest BCUT2D eigenvalue weighted by molar-refractivity contribution is -0.136. The van der Waals surface area contributed by atoms with Gasteiger partial charge in [-0.2, -0.15) is 5.10 Å². The SMILES string of the molecule is C/C(=N/NC(=O)C(=O)Nc1cc(Cl)ccc1Cl)c1ccco1. The van der Waals surface area contributed by atoms with Crippen LogP contribution in [-0.2, 0) is 9.59 Å². The van der Waals surface area contributed by atoms with Gasteiger partial charge >= 0.3 is 11.8 Å². The molecule has 1 aromatic carbocycles. The van der Waals surface area contributed by atoms with E-state index in [1.807, 2.05) is 0 Å². The normalized spacial score (nSPS) is 11.1. The summed E-state index contributed by atoms with van der Waals surface area (Å²) in [6, 6.07) is 7.88. The van der Waals surface area contributed by atoms with E-state index in [0.717, 1.165) is 0 Å². The number of rotatable bonds is 3. The average molecular weight is 340 g/mol. The van der Waals surface area contributed by atoms with Crippen molar-refractivity contribution in [1.29, 1.82) is 0 Å². The second kappa shape index (κ2) is 7.11. The molecule has 0 aliphatic carbocycles. The van der Waals surface area contributed by atoms with E-state index in [1.165, 1.54) is 18.4 Å². The minimum atomic E-state index is -0.943. The Bertz CT molecular complexity index is 727. The molecule has 0 fully saturated rings. The van der Waals surface area contributed by atoms with E-state index < -0.39 is 11.8 Å². The molecule has 2 N–H and O–H groups in total. The summed E-state index contributed by atoms with van der Waals surface area (Å²) < 4.78 is 5.10. The number of furan rings is 1. The zero-order valence-corrected chi connectivity index (χ0v) is 12.9. The van der Waals surface area contributed by atoms with Gasteiger partial charge in [-0.3, -0.25) is 9.59 Å². The van der Waals surface area contributed by atoms with Crippen LogP contribution in [0.3, 0.4) is 0 Å². The van der Waals surface area contributed by atoms with Gasteiger partial charge in [0.2, 0.25) is 0 Å². The van der Waals surface area contributed by atoms with Crippen LogP contribution in [0.5, 0.6) is 0 Å². The Hall–Kier alpha value is -2.31. The minimum absolute atomic E-state index is 0.237. The summed E-state index contributed by atoms with van der Waals surface area (Å²) in [7, 11) is 0. The Balaban J connectivity index is 1.99. The van der Waals surface area contributed by atoms with Gasteiger partial charge < -0.3 is 9.73 Å². The third kappa shape index (κ3) is 4.09. The number of nitrogens with zero attached hydrogens (tertiary/aromatic N) is 1. The van der Waals surface area contributed by atoms with Crippen molar-refractivity contribution in [3.63, 3.8) is 0 Å². The zero-order valence-electron chi connectivity index (χ0n) is 11.4. The third-order valence-electron chi connectivity index (χ3n) is 2.59. The van der Waals surface area contributed by atoms with Crippen molar-refractivity contribution in [2.45, 2.75) is 6.92 Å². The quantitative estimate of drug-likeness (QED) is 0.512. The second-order valence-electron chi connectivity index (χ2n) is 4.19. The molecule has 0 aliphatic rings. The molecule has 1 aromatic heterocycles. The van der Waals surface area contributed by atoms with Gasteiger partial charge in [-0.1, -0.05) is 23.2 Å². The predicted octanol–water partition coefficient (Wildman–Crippen LogP) is 3.07. The van der Waals surface area contributed by atoms with Crippen LogP contribution in [0.1, 0.15) is 12.7 Å². The van der Waals surface area contributed by atoms with Crippen LogP contribution in [-0.4, -0.2) is 17.5 Å². The van der Waals surface area contributed by atoms with Crippen LogP contribution in [0, 0.1) is 0 Å². The molecule has 0 bridgehead atoms. The van der Waals surface area contributed by atoms with Crippen molar-refractivity contribution in [2.75, 3.05) is 5.32 Å².